The molecule has 0 aromatic rings. The summed E-state index contributed by atoms with van der Waals surface area (Å²) in [4.78, 5) is 0. The van der Waals surface area contributed by atoms with Crippen LogP contribution >= 0.6 is 0 Å². The average Bonchev–Trinajstić information content (AvgIpc) is 1.72. The van der Waals surface area contributed by atoms with Crippen LogP contribution in [0.2, 0.25) is 0 Å². The topological polar surface area (TPSA) is 0 Å². The number of allylic oxidation sites excluding steroid dienone is 3. The number of rotatable bonds is 0. The van der Waals surface area contributed by atoms with Crippen molar-refractivity contribution in [1.29, 1.82) is 0 Å². The molecule has 1 aliphatic heterocycles. The van der Waals surface area contributed by atoms with E-state index in [1.54, 1.807) is 0 Å². The molecule has 1 aliphatic rings. The first-order chi connectivity index (χ1) is 3.00. The molecule has 0 amide bonds. The van der Waals surface area contributed by atoms with Crippen molar-refractivity contribution in [3.63, 3.8) is 0 Å². The van der Waals surface area contributed by atoms with E-state index in [-0.39, 0.29) is 20.7 Å². The third kappa shape index (κ3) is 1.09. The molecule has 0 saturated heterocycles. The molecule has 0 aliphatic carbocycles. The van der Waals surface area contributed by atoms with Crippen molar-refractivity contribution in [2.75, 3.05) is 0 Å². The van der Waals surface area contributed by atoms with Gasteiger partial charge in [-0.3, -0.25) is 0 Å². The Bertz CT molecular complexity index is 73.3. The van der Waals surface area contributed by atoms with Gasteiger partial charge in [0, 0.05) is 0 Å². The minimum atomic E-state index is -0.249. The molecule has 0 bridgehead atoms. The first-order valence-corrected chi connectivity index (χ1v) is 5.81. The second-order valence-corrected chi connectivity index (χ2v) is 4.45. The van der Waals surface area contributed by atoms with E-state index in [9.17, 15) is 0 Å². The third-order valence-corrected chi connectivity index (χ3v) is 3.20. The van der Waals surface area contributed by atoms with Crippen LogP contribution in [0.25, 0.3) is 0 Å². The molecule has 6 heavy (non-hydrogen) atoms. The molecule has 0 spiro atoms. The van der Waals surface area contributed by atoms with Crippen LogP contribution in [0.5, 0.6) is 0 Å². The first-order valence-electron chi connectivity index (χ1n) is 2.00. The summed E-state index contributed by atoms with van der Waals surface area (Å²) in [7, 11) is 0. The Morgan fingerprint density at radius 3 is 2.17 bits per heavy atom. The van der Waals surface area contributed by atoms with Gasteiger partial charge in [0.2, 0.25) is 0 Å². The van der Waals surface area contributed by atoms with Crippen LogP contribution in [-0.4, -0.2) is 24.7 Å². The molecule has 0 unspecified atom stereocenters. The molecule has 30 valence electrons. The summed E-state index contributed by atoms with van der Waals surface area (Å²) in [5, 5.41) is 0. The van der Waals surface area contributed by atoms with Gasteiger partial charge >= 0.3 is 47.0 Å². The Labute approximate surface area is 47.3 Å². The van der Waals surface area contributed by atoms with Gasteiger partial charge in [0.25, 0.3) is 0 Å². The van der Waals surface area contributed by atoms with Crippen molar-refractivity contribution >= 4 is 24.7 Å². The van der Waals surface area contributed by atoms with Crippen molar-refractivity contribution in [3.05, 3.63) is 22.3 Å². The van der Waals surface area contributed by atoms with Gasteiger partial charge in [-0.2, -0.15) is 0 Å². The molecule has 0 saturated carbocycles. The molecule has 0 radical (unpaired) electrons. The van der Waals surface area contributed by atoms with E-state index in [0.29, 0.717) is 0 Å². The molecule has 0 N–H and O–H groups in total. The maximum atomic E-state index is 2.32. The molecule has 0 aromatic carbocycles. The molecule has 1 rings (SSSR count). The molecule has 1 heterocycles. The van der Waals surface area contributed by atoms with Gasteiger partial charge < -0.3 is 0 Å². The Morgan fingerprint density at radius 2 is 2.00 bits per heavy atom. The quantitative estimate of drug-likeness (QED) is 0.476. The van der Waals surface area contributed by atoms with Crippen molar-refractivity contribution in [2.24, 2.45) is 0 Å². The predicted octanol–water partition coefficient (Wildman–Crippen LogP) is 0.309. The van der Waals surface area contributed by atoms with Gasteiger partial charge in [0.15, 0.2) is 0 Å². The first kappa shape index (κ1) is 4.31. The van der Waals surface area contributed by atoms with E-state index >= 15 is 0 Å². The van der Waals surface area contributed by atoms with Gasteiger partial charge in [0.05, 0.1) is 0 Å². The zero-order valence-corrected chi connectivity index (χ0v) is 6.76. The van der Waals surface area contributed by atoms with Gasteiger partial charge in [-0.25, -0.2) is 0 Å². The van der Waals surface area contributed by atoms with Crippen molar-refractivity contribution < 1.29 is 0 Å². The fraction of sp³-hybridized carbons (Fsp3) is 0. The maximum absolute atomic E-state index is 2.32. The van der Waals surface area contributed by atoms with Crippen molar-refractivity contribution in [1.82, 2.24) is 0 Å². The predicted molar refractivity (Wildman–Crippen MR) is 31.5 cm³/mol. The molecular formula is C5H6Sn. The average molecular weight is 185 g/mol. The van der Waals surface area contributed by atoms with Crippen LogP contribution in [0, 0.1) is 0 Å². The molecule has 1 heteroatoms. The van der Waals surface area contributed by atoms with Gasteiger partial charge in [0.1, 0.15) is 0 Å². The standard InChI is InChI=1S/C5H5.Sn.H/c1-3-5-4-2;;/h1-5H;;. The fourth-order valence-corrected chi connectivity index (χ4v) is 2.22. The zero-order valence-electron chi connectivity index (χ0n) is 3.46. The summed E-state index contributed by atoms with van der Waals surface area (Å²) < 4.78 is 4.63. The molecule has 0 nitrogen and oxygen atoms in total. The van der Waals surface area contributed by atoms with Crippen LogP contribution in [0.3, 0.4) is 0 Å². The summed E-state index contributed by atoms with van der Waals surface area (Å²) in [6.45, 7) is 0. The third-order valence-electron chi connectivity index (χ3n) is 0.667. The van der Waals surface area contributed by atoms with Crippen LogP contribution in [0.4, 0.5) is 0 Å². The fourth-order valence-electron chi connectivity index (χ4n) is 0.385. The molecule has 0 atom stereocenters. The van der Waals surface area contributed by atoms with Crippen LogP contribution < -0.4 is 0 Å². The zero-order chi connectivity index (χ0) is 4.24. The van der Waals surface area contributed by atoms with E-state index in [1.807, 2.05) is 0 Å². The molecule has 0 aromatic heterocycles. The van der Waals surface area contributed by atoms with Crippen LogP contribution in [-0.2, 0) is 0 Å². The summed E-state index contributed by atoms with van der Waals surface area (Å²) in [5.41, 5.74) is 0. The summed E-state index contributed by atoms with van der Waals surface area (Å²) in [6.07, 6.45) is 6.36. The Morgan fingerprint density at radius 1 is 1.00 bits per heavy atom. The number of hydrogen-bond acceptors (Lipinski definition) is 0. The van der Waals surface area contributed by atoms with E-state index in [1.165, 1.54) is 0 Å². The van der Waals surface area contributed by atoms with Gasteiger partial charge in [-0.15, -0.1) is 0 Å². The van der Waals surface area contributed by atoms with E-state index in [2.05, 4.69) is 26.3 Å². The van der Waals surface area contributed by atoms with Crippen LogP contribution in [0.15, 0.2) is 22.3 Å². The van der Waals surface area contributed by atoms with E-state index in [4.69, 9.17) is 0 Å². The minimum absolute atomic E-state index is 0.249. The van der Waals surface area contributed by atoms with Crippen molar-refractivity contribution in [3.8, 4) is 0 Å². The van der Waals surface area contributed by atoms with E-state index < -0.39 is 0 Å². The van der Waals surface area contributed by atoms with E-state index in [0.717, 1.165) is 0 Å². The SMILES string of the molecule is C1=C[CH]=[SnH][CH]=C1. The Kier molecular flexibility index (Phi) is 1.68. The molecular weight excluding hydrogens is 179 g/mol. The van der Waals surface area contributed by atoms with Gasteiger partial charge in [-0.05, 0) is 0 Å². The summed E-state index contributed by atoms with van der Waals surface area (Å²) in [5.74, 6) is 0. The summed E-state index contributed by atoms with van der Waals surface area (Å²) in [6, 6.07) is 0. The van der Waals surface area contributed by atoms with Gasteiger partial charge in [-0.1, -0.05) is 0 Å². The second-order valence-electron chi connectivity index (χ2n) is 1.15. The van der Waals surface area contributed by atoms with Crippen LogP contribution in [0.1, 0.15) is 0 Å². The summed E-state index contributed by atoms with van der Waals surface area (Å²) >= 11 is -0.249. The number of hydrogen-bond donors (Lipinski definition) is 0. The Balaban J connectivity index is 2.77. The monoisotopic (exact) mass is 186 g/mol. The Hall–Kier alpha value is 0.149. The molecule has 0 fully saturated rings. The normalized spacial score (nSPS) is 16.0. The second kappa shape index (κ2) is 2.34. The van der Waals surface area contributed by atoms with Crippen molar-refractivity contribution in [2.45, 2.75) is 0 Å².